The molecule has 1 N–H and O–H groups in total. The Morgan fingerprint density at radius 1 is 1.53 bits per heavy atom. The average Bonchev–Trinajstić information content (AvgIpc) is 2.19. The van der Waals surface area contributed by atoms with Gasteiger partial charge in [0, 0.05) is 18.4 Å². The SMILES string of the molecule is Cc1ccnc(O[C@@H]2CCCNC2)n1.Cl. The largest absolute Gasteiger partial charge is 0.459 e. The fourth-order valence-electron chi connectivity index (χ4n) is 1.55. The normalized spacial score (nSPS) is 20.5. The van der Waals surface area contributed by atoms with Gasteiger partial charge in [-0.2, -0.15) is 0 Å². The van der Waals surface area contributed by atoms with Crippen molar-refractivity contribution < 1.29 is 4.74 Å². The molecule has 15 heavy (non-hydrogen) atoms. The molecule has 1 fully saturated rings. The van der Waals surface area contributed by atoms with Crippen LogP contribution in [0.5, 0.6) is 6.01 Å². The third-order valence-corrected chi connectivity index (χ3v) is 2.30. The van der Waals surface area contributed by atoms with Crippen LogP contribution in [0, 0.1) is 6.92 Å². The summed E-state index contributed by atoms with van der Waals surface area (Å²) in [7, 11) is 0. The van der Waals surface area contributed by atoms with E-state index in [0.29, 0.717) is 6.01 Å². The molecule has 0 radical (unpaired) electrons. The van der Waals surface area contributed by atoms with Crippen LogP contribution in [0.4, 0.5) is 0 Å². The molecule has 1 aromatic heterocycles. The standard InChI is InChI=1S/C10H15N3O.ClH/c1-8-4-6-12-10(13-8)14-9-3-2-5-11-7-9;/h4,6,9,11H,2-3,5,7H2,1H3;1H/t9-;/m1./s1. The molecule has 1 aromatic rings. The Hall–Kier alpha value is -0.870. The summed E-state index contributed by atoms with van der Waals surface area (Å²) in [4.78, 5) is 8.28. The number of nitrogens with zero attached hydrogens (tertiary/aromatic N) is 2. The van der Waals surface area contributed by atoms with E-state index in [0.717, 1.165) is 31.6 Å². The predicted molar refractivity (Wildman–Crippen MR) is 60.5 cm³/mol. The fourth-order valence-corrected chi connectivity index (χ4v) is 1.55. The molecule has 2 heterocycles. The first-order valence-electron chi connectivity index (χ1n) is 5.01. The minimum Gasteiger partial charge on any atom is -0.459 e. The Bertz CT molecular complexity index is 302. The topological polar surface area (TPSA) is 47.0 Å². The molecule has 0 amide bonds. The minimum absolute atomic E-state index is 0. The van der Waals surface area contributed by atoms with Crippen LogP contribution >= 0.6 is 12.4 Å². The third kappa shape index (κ3) is 3.64. The third-order valence-electron chi connectivity index (χ3n) is 2.30. The monoisotopic (exact) mass is 229 g/mol. The van der Waals surface area contributed by atoms with E-state index >= 15 is 0 Å². The molecule has 84 valence electrons. The van der Waals surface area contributed by atoms with Crippen LogP contribution in [0.25, 0.3) is 0 Å². The molecule has 0 spiro atoms. The van der Waals surface area contributed by atoms with Crippen molar-refractivity contribution in [2.75, 3.05) is 13.1 Å². The summed E-state index contributed by atoms with van der Waals surface area (Å²) in [5.41, 5.74) is 0.943. The molecule has 1 atom stereocenters. The highest BCUT2D eigenvalue weighted by molar-refractivity contribution is 5.85. The van der Waals surface area contributed by atoms with Crippen molar-refractivity contribution in [2.24, 2.45) is 0 Å². The predicted octanol–water partition coefficient (Wildman–Crippen LogP) is 1.34. The molecule has 0 aromatic carbocycles. The highest BCUT2D eigenvalue weighted by atomic mass is 35.5. The molecule has 1 aliphatic heterocycles. The van der Waals surface area contributed by atoms with Gasteiger partial charge in [0.15, 0.2) is 0 Å². The van der Waals surface area contributed by atoms with E-state index in [1.54, 1.807) is 6.20 Å². The number of nitrogens with one attached hydrogen (secondary N) is 1. The van der Waals surface area contributed by atoms with Crippen molar-refractivity contribution in [2.45, 2.75) is 25.9 Å². The zero-order valence-corrected chi connectivity index (χ0v) is 9.59. The summed E-state index contributed by atoms with van der Waals surface area (Å²) in [5, 5.41) is 3.29. The molecule has 2 rings (SSSR count). The van der Waals surface area contributed by atoms with E-state index in [1.165, 1.54) is 0 Å². The van der Waals surface area contributed by atoms with Crippen molar-refractivity contribution in [1.29, 1.82) is 0 Å². The van der Waals surface area contributed by atoms with E-state index < -0.39 is 0 Å². The Morgan fingerprint density at radius 2 is 2.40 bits per heavy atom. The molecule has 0 bridgehead atoms. The lowest BCUT2D eigenvalue weighted by Crippen LogP contribution is -2.37. The summed E-state index contributed by atoms with van der Waals surface area (Å²) >= 11 is 0. The van der Waals surface area contributed by atoms with Crippen LogP contribution in [0.2, 0.25) is 0 Å². The van der Waals surface area contributed by atoms with Crippen LogP contribution in [-0.4, -0.2) is 29.2 Å². The summed E-state index contributed by atoms with van der Waals surface area (Å²) in [5.74, 6) is 0. The number of aromatic nitrogens is 2. The number of rotatable bonds is 2. The van der Waals surface area contributed by atoms with Crippen LogP contribution in [0.15, 0.2) is 12.3 Å². The lowest BCUT2D eigenvalue weighted by atomic mass is 10.1. The second-order valence-corrected chi connectivity index (χ2v) is 3.57. The molecule has 1 saturated heterocycles. The van der Waals surface area contributed by atoms with Gasteiger partial charge in [-0.05, 0) is 32.4 Å². The summed E-state index contributed by atoms with van der Waals surface area (Å²) in [6.07, 6.45) is 4.21. The van der Waals surface area contributed by atoms with Crippen molar-refractivity contribution in [1.82, 2.24) is 15.3 Å². The molecule has 1 aliphatic rings. The van der Waals surface area contributed by atoms with E-state index in [1.807, 2.05) is 13.0 Å². The number of hydrogen-bond acceptors (Lipinski definition) is 4. The van der Waals surface area contributed by atoms with Crippen LogP contribution in [-0.2, 0) is 0 Å². The van der Waals surface area contributed by atoms with Crippen LogP contribution < -0.4 is 10.1 Å². The fraction of sp³-hybridized carbons (Fsp3) is 0.600. The van der Waals surface area contributed by atoms with Gasteiger partial charge in [0.25, 0.3) is 0 Å². The number of aryl methyl sites for hydroxylation is 1. The summed E-state index contributed by atoms with van der Waals surface area (Å²) in [6, 6.07) is 2.37. The van der Waals surface area contributed by atoms with Gasteiger partial charge in [-0.15, -0.1) is 12.4 Å². The lowest BCUT2D eigenvalue weighted by molar-refractivity contribution is 0.153. The Balaban J connectivity index is 0.00000112. The Morgan fingerprint density at radius 3 is 3.07 bits per heavy atom. The summed E-state index contributed by atoms with van der Waals surface area (Å²) < 4.78 is 5.65. The maximum absolute atomic E-state index is 5.65. The maximum atomic E-state index is 5.65. The zero-order valence-electron chi connectivity index (χ0n) is 8.77. The molecule has 0 aliphatic carbocycles. The van der Waals surface area contributed by atoms with E-state index in [-0.39, 0.29) is 18.5 Å². The Kier molecular flexibility index (Phi) is 4.78. The first kappa shape index (κ1) is 12.2. The number of halogens is 1. The van der Waals surface area contributed by atoms with Crippen molar-refractivity contribution >= 4 is 12.4 Å². The molecule has 5 heteroatoms. The minimum atomic E-state index is 0. The van der Waals surface area contributed by atoms with Gasteiger partial charge in [-0.1, -0.05) is 0 Å². The van der Waals surface area contributed by atoms with E-state index in [4.69, 9.17) is 4.74 Å². The molecule has 0 saturated carbocycles. The van der Waals surface area contributed by atoms with Crippen molar-refractivity contribution in [3.05, 3.63) is 18.0 Å². The van der Waals surface area contributed by atoms with Gasteiger partial charge in [0.2, 0.25) is 0 Å². The first-order chi connectivity index (χ1) is 6.84. The van der Waals surface area contributed by atoms with E-state index in [9.17, 15) is 0 Å². The van der Waals surface area contributed by atoms with Gasteiger partial charge >= 0.3 is 6.01 Å². The maximum Gasteiger partial charge on any atom is 0.316 e. The molecule has 4 nitrogen and oxygen atoms in total. The van der Waals surface area contributed by atoms with Crippen molar-refractivity contribution in [3.63, 3.8) is 0 Å². The van der Waals surface area contributed by atoms with Crippen LogP contribution in [0.3, 0.4) is 0 Å². The van der Waals surface area contributed by atoms with Gasteiger partial charge < -0.3 is 10.1 Å². The molecular formula is C10H16ClN3O. The van der Waals surface area contributed by atoms with Gasteiger partial charge in [-0.25, -0.2) is 9.97 Å². The average molecular weight is 230 g/mol. The zero-order chi connectivity index (χ0) is 9.80. The van der Waals surface area contributed by atoms with Crippen LogP contribution in [0.1, 0.15) is 18.5 Å². The first-order valence-corrected chi connectivity index (χ1v) is 5.01. The van der Waals surface area contributed by atoms with Gasteiger partial charge in [0.1, 0.15) is 6.10 Å². The molecule has 0 unspecified atom stereocenters. The number of ether oxygens (including phenoxy) is 1. The van der Waals surface area contributed by atoms with Crippen molar-refractivity contribution in [3.8, 4) is 6.01 Å². The lowest BCUT2D eigenvalue weighted by Gasteiger charge is -2.22. The quantitative estimate of drug-likeness (QED) is 0.832. The number of piperidine rings is 1. The second-order valence-electron chi connectivity index (χ2n) is 3.57. The second kappa shape index (κ2) is 5.88. The smallest absolute Gasteiger partial charge is 0.316 e. The van der Waals surface area contributed by atoms with Gasteiger partial charge in [-0.3, -0.25) is 0 Å². The highest BCUT2D eigenvalue weighted by Gasteiger charge is 2.15. The number of hydrogen-bond donors (Lipinski definition) is 1. The van der Waals surface area contributed by atoms with E-state index in [2.05, 4.69) is 15.3 Å². The Labute approximate surface area is 95.9 Å². The highest BCUT2D eigenvalue weighted by Crippen LogP contribution is 2.10. The molecular weight excluding hydrogens is 214 g/mol. The van der Waals surface area contributed by atoms with Gasteiger partial charge in [0.05, 0.1) is 0 Å². The summed E-state index contributed by atoms with van der Waals surface area (Å²) in [6.45, 7) is 3.93.